The van der Waals surface area contributed by atoms with E-state index in [1.54, 1.807) is 24.9 Å². The number of benzene rings is 1. The van der Waals surface area contributed by atoms with Gasteiger partial charge in [-0.3, -0.25) is 24.0 Å². The molecule has 0 aliphatic rings. The van der Waals surface area contributed by atoms with Crippen LogP contribution in [-0.2, 0) is 17.9 Å². The summed E-state index contributed by atoms with van der Waals surface area (Å²) in [5, 5.41) is 0. The molecule has 34 heavy (non-hydrogen) atoms. The number of carbonyl (C=O) groups excluding carboxylic acids is 1. The number of unbranched alkanes of at least 4 members (excludes halogenated alkanes) is 1. The first-order chi connectivity index (χ1) is 16.1. The second-order valence-electron chi connectivity index (χ2n) is 7.67. The zero-order valence-corrected chi connectivity index (χ0v) is 19.8. The molecule has 0 radical (unpaired) electrons. The van der Waals surface area contributed by atoms with Crippen molar-refractivity contribution in [1.82, 2.24) is 14.5 Å². The fourth-order valence-electron chi connectivity index (χ4n) is 3.53. The van der Waals surface area contributed by atoms with Gasteiger partial charge in [-0.15, -0.1) is 0 Å². The van der Waals surface area contributed by atoms with Crippen LogP contribution in [0.2, 0.25) is 0 Å². The zero-order valence-electron chi connectivity index (χ0n) is 19.8. The highest BCUT2D eigenvalue weighted by Gasteiger charge is 2.24. The van der Waals surface area contributed by atoms with E-state index in [4.69, 9.17) is 10.5 Å². The number of hydrogen-bond acceptors (Lipinski definition) is 7. The van der Waals surface area contributed by atoms with Crippen LogP contribution in [0, 0.1) is 0 Å². The molecule has 188 valence electrons. The first kappa shape index (κ1) is 26.8. The second kappa shape index (κ2) is 12.2. The van der Waals surface area contributed by atoms with Crippen molar-refractivity contribution >= 4 is 17.4 Å². The number of ether oxygens (including phenoxy) is 2. The molecule has 0 aliphatic heterocycles. The number of likely N-dealkylation sites (N-methyl/N-ethyl adjacent to an activating group) is 2. The smallest absolute Gasteiger partial charge is 0.387 e. The van der Waals surface area contributed by atoms with Crippen LogP contribution in [-0.4, -0.2) is 54.2 Å². The van der Waals surface area contributed by atoms with Crippen molar-refractivity contribution in [1.29, 1.82) is 0 Å². The molecule has 1 amide bonds. The molecule has 1 aromatic carbocycles. The number of methoxy groups -OCH3 is 1. The number of nitrogens with zero attached hydrogens (tertiary/aromatic N) is 3. The minimum absolute atomic E-state index is 0.0657. The van der Waals surface area contributed by atoms with Gasteiger partial charge in [0.2, 0.25) is 5.91 Å². The number of H-pyrrole nitrogens is 1. The molecule has 0 bridgehead atoms. The molecule has 0 spiro atoms. The van der Waals surface area contributed by atoms with Gasteiger partial charge in [-0.05, 0) is 38.1 Å². The normalized spacial score (nSPS) is 11.2. The lowest BCUT2D eigenvalue weighted by molar-refractivity contribution is -0.119. The molecule has 0 saturated carbocycles. The Morgan fingerprint density at radius 3 is 2.53 bits per heavy atom. The van der Waals surface area contributed by atoms with Gasteiger partial charge in [-0.1, -0.05) is 19.4 Å². The minimum atomic E-state index is -3.01. The largest absolute Gasteiger partial charge is 0.493 e. The number of rotatable bonds is 12. The van der Waals surface area contributed by atoms with Crippen molar-refractivity contribution in [2.75, 3.05) is 37.9 Å². The zero-order chi connectivity index (χ0) is 25.4. The van der Waals surface area contributed by atoms with Crippen LogP contribution in [0.3, 0.4) is 0 Å². The Morgan fingerprint density at radius 2 is 1.94 bits per heavy atom. The molecule has 1 aromatic heterocycles. The van der Waals surface area contributed by atoms with Gasteiger partial charge in [0.05, 0.1) is 13.7 Å². The van der Waals surface area contributed by atoms with Crippen molar-refractivity contribution in [3.63, 3.8) is 0 Å². The van der Waals surface area contributed by atoms with Crippen LogP contribution in [0.15, 0.2) is 27.8 Å². The molecule has 12 heteroatoms. The predicted octanol–water partition coefficient (Wildman–Crippen LogP) is 2.01. The van der Waals surface area contributed by atoms with Crippen molar-refractivity contribution < 1.29 is 23.0 Å². The number of anilines is 2. The molecule has 0 unspecified atom stereocenters. The van der Waals surface area contributed by atoms with E-state index >= 15 is 0 Å². The predicted molar refractivity (Wildman–Crippen MR) is 125 cm³/mol. The highest BCUT2D eigenvalue weighted by atomic mass is 19.3. The average molecular weight is 484 g/mol. The lowest BCUT2D eigenvalue weighted by Gasteiger charge is -2.25. The summed E-state index contributed by atoms with van der Waals surface area (Å²) in [5.74, 6) is -0.434. The maximum Gasteiger partial charge on any atom is 0.387 e. The third-order valence-electron chi connectivity index (χ3n) is 5.14. The number of aromatic amines is 1. The van der Waals surface area contributed by atoms with E-state index in [9.17, 15) is 23.2 Å². The fraction of sp³-hybridized carbons (Fsp3) is 0.500. The maximum absolute atomic E-state index is 13.0. The monoisotopic (exact) mass is 483 g/mol. The van der Waals surface area contributed by atoms with Gasteiger partial charge in [0.25, 0.3) is 5.56 Å². The molecular weight excluding hydrogens is 452 g/mol. The van der Waals surface area contributed by atoms with Crippen molar-refractivity contribution in [3.8, 4) is 11.5 Å². The lowest BCUT2D eigenvalue weighted by atomic mass is 10.2. The van der Waals surface area contributed by atoms with E-state index in [1.165, 1.54) is 28.7 Å². The summed E-state index contributed by atoms with van der Waals surface area (Å²) in [7, 11) is 3.01. The number of hydrogen-bond donors (Lipinski definition) is 2. The van der Waals surface area contributed by atoms with E-state index < -0.39 is 23.8 Å². The SMILES string of the molecule is CCCCn1c(N)c(N(CC)C(=O)CN(C)Cc2ccc(OC)c(OC(F)F)c2)c(=O)[nH]c1=O. The van der Waals surface area contributed by atoms with Crippen LogP contribution < -0.4 is 31.4 Å². The highest BCUT2D eigenvalue weighted by molar-refractivity contribution is 5.96. The molecule has 2 aromatic rings. The Morgan fingerprint density at radius 1 is 1.24 bits per heavy atom. The van der Waals surface area contributed by atoms with Gasteiger partial charge in [0.1, 0.15) is 5.82 Å². The summed E-state index contributed by atoms with van der Waals surface area (Å²) in [6.07, 6.45) is 1.49. The Bertz CT molecular complexity index is 1100. The number of nitrogen functional groups attached to an aromatic ring is 1. The van der Waals surface area contributed by atoms with Gasteiger partial charge in [-0.25, -0.2) is 4.79 Å². The van der Waals surface area contributed by atoms with Gasteiger partial charge < -0.3 is 20.1 Å². The second-order valence-corrected chi connectivity index (χ2v) is 7.67. The third-order valence-corrected chi connectivity index (χ3v) is 5.14. The molecule has 2 rings (SSSR count). The maximum atomic E-state index is 13.0. The molecular formula is C22H31F2N5O5. The summed E-state index contributed by atoms with van der Waals surface area (Å²) < 4.78 is 36.1. The topological polar surface area (TPSA) is 123 Å². The van der Waals surface area contributed by atoms with Gasteiger partial charge >= 0.3 is 12.3 Å². The number of alkyl halides is 2. The summed E-state index contributed by atoms with van der Waals surface area (Å²) in [4.78, 5) is 42.8. The molecule has 0 saturated heterocycles. The van der Waals surface area contributed by atoms with Crippen LogP contribution in [0.4, 0.5) is 20.3 Å². The van der Waals surface area contributed by atoms with Crippen molar-refractivity contribution in [2.24, 2.45) is 0 Å². The molecule has 10 nitrogen and oxygen atoms in total. The van der Waals surface area contributed by atoms with E-state index in [2.05, 4.69) is 9.72 Å². The number of aromatic nitrogens is 2. The van der Waals surface area contributed by atoms with Crippen LogP contribution in [0.5, 0.6) is 11.5 Å². The van der Waals surface area contributed by atoms with E-state index in [1.807, 2.05) is 6.92 Å². The van der Waals surface area contributed by atoms with Gasteiger partial charge in [0, 0.05) is 19.6 Å². The van der Waals surface area contributed by atoms with Crippen molar-refractivity contribution in [3.05, 3.63) is 44.6 Å². The average Bonchev–Trinajstić information content (AvgIpc) is 2.76. The molecule has 3 N–H and O–H groups in total. The van der Waals surface area contributed by atoms with E-state index in [0.717, 1.165) is 6.42 Å². The summed E-state index contributed by atoms with van der Waals surface area (Å²) in [6, 6.07) is 4.58. The quantitative estimate of drug-likeness (QED) is 0.473. The number of nitrogens with one attached hydrogen (secondary N) is 1. The first-order valence-corrected chi connectivity index (χ1v) is 10.9. The van der Waals surface area contributed by atoms with Gasteiger partial charge in [0.15, 0.2) is 17.2 Å². The first-order valence-electron chi connectivity index (χ1n) is 10.9. The number of halogens is 2. The Kier molecular flexibility index (Phi) is 9.60. The molecule has 0 atom stereocenters. The Hall–Kier alpha value is -3.41. The minimum Gasteiger partial charge on any atom is -0.493 e. The molecule has 0 aliphatic carbocycles. The van der Waals surface area contributed by atoms with Crippen LogP contribution >= 0.6 is 0 Å². The van der Waals surface area contributed by atoms with E-state index in [0.29, 0.717) is 18.5 Å². The fourth-order valence-corrected chi connectivity index (χ4v) is 3.53. The lowest BCUT2D eigenvalue weighted by Crippen LogP contribution is -2.44. The summed E-state index contributed by atoms with van der Waals surface area (Å²) in [6.45, 7) is 1.24. The number of nitrogens with two attached hydrogens (primary N) is 1. The summed E-state index contributed by atoms with van der Waals surface area (Å²) in [5.41, 5.74) is 5.30. The van der Waals surface area contributed by atoms with Crippen LogP contribution in [0.25, 0.3) is 0 Å². The molecule has 0 fully saturated rings. The Balaban J connectivity index is 2.23. The molecule has 1 heterocycles. The standard InChI is InChI=1S/C22H31F2N5O5/c1-5-7-10-29-19(25)18(20(31)26-22(29)32)28(6-2)17(30)13-27(3)12-14-8-9-15(33-4)16(11-14)34-21(23)24/h8-9,11,21H,5-7,10,12-13,25H2,1-4H3,(H,26,31,32). The number of carbonyl (C=O) groups is 1. The number of amides is 1. The summed E-state index contributed by atoms with van der Waals surface area (Å²) >= 11 is 0. The van der Waals surface area contributed by atoms with Crippen LogP contribution in [0.1, 0.15) is 32.3 Å². The van der Waals surface area contributed by atoms with Gasteiger partial charge in [-0.2, -0.15) is 8.78 Å². The Labute approximate surface area is 195 Å². The third kappa shape index (κ3) is 6.56. The van der Waals surface area contributed by atoms with Crippen molar-refractivity contribution in [2.45, 2.75) is 46.4 Å². The highest BCUT2D eigenvalue weighted by Crippen LogP contribution is 2.30. The van der Waals surface area contributed by atoms with E-state index in [-0.39, 0.29) is 42.6 Å².